The summed E-state index contributed by atoms with van der Waals surface area (Å²) in [6.07, 6.45) is 1.60. The molecule has 0 spiro atoms. The van der Waals surface area contributed by atoms with Crippen LogP contribution in [0.2, 0.25) is 5.02 Å². The molecule has 2 aromatic rings. The number of aromatic nitrogens is 1. The average Bonchev–Trinajstić information content (AvgIpc) is 2.30. The van der Waals surface area contributed by atoms with Crippen LogP contribution in [0.3, 0.4) is 0 Å². The number of benzene rings is 1. The molecule has 6 heteroatoms. The van der Waals surface area contributed by atoms with Crippen molar-refractivity contribution in [2.75, 3.05) is 5.32 Å². The van der Waals surface area contributed by atoms with Gasteiger partial charge >= 0.3 is 0 Å². The topological polar surface area (TPSA) is 68.1 Å². The maximum Gasteiger partial charge on any atom is 0.292 e. The van der Waals surface area contributed by atoms with Gasteiger partial charge in [0.05, 0.1) is 4.92 Å². The molecular formula is C11H8ClN3O2. The molecule has 0 fully saturated rings. The number of nitro benzene ring substituents is 1. The zero-order valence-corrected chi connectivity index (χ0v) is 9.39. The van der Waals surface area contributed by atoms with Crippen LogP contribution in [0.1, 0.15) is 0 Å². The van der Waals surface area contributed by atoms with Crippen molar-refractivity contribution in [1.82, 2.24) is 4.98 Å². The van der Waals surface area contributed by atoms with Crippen LogP contribution in [0.4, 0.5) is 17.2 Å². The Bertz CT molecular complexity index is 546. The van der Waals surface area contributed by atoms with Crippen molar-refractivity contribution >= 4 is 28.8 Å². The fourth-order valence-electron chi connectivity index (χ4n) is 1.34. The second-order valence-corrected chi connectivity index (χ2v) is 3.69. The average molecular weight is 250 g/mol. The molecule has 0 aliphatic carbocycles. The summed E-state index contributed by atoms with van der Waals surface area (Å²) >= 11 is 5.80. The highest BCUT2D eigenvalue weighted by Crippen LogP contribution is 2.29. The van der Waals surface area contributed by atoms with Crippen LogP contribution < -0.4 is 5.32 Å². The molecule has 0 aliphatic rings. The molecule has 5 nitrogen and oxygen atoms in total. The van der Waals surface area contributed by atoms with Crippen LogP contribution >= 0.6 is 11.6 Å². The molecule has 0 bridgehead atoms. The molecule has 0 atom stereocenters. The lowest BCUT2D eigenvalue weighted by Gasteiger charge is -2.06. The molecule has 17 heavy (non-hydrogen) atoms. The smallest absolute Gasteiger partial charge is 0.292 e. The summed E-state index contributed by atoms with van der Waals surface area (Å²) in [5, 5.41) is 14.1. The Morgan fingerprint density at radius 3 is 2.76 bits per heavy atom. The molecule has 2 rings (SSSR count). The molecule has 0 amide bonds. The highest BCUT2D eigenvalue weighted by atomic mass is 35.5. The number of nitro groups is 1. The summed E-state index contributed by atoms with van der Waals surface area (Å²) in [5.41, 5.74) is 0.279. The molecule has 86 valence electrons. The minimum atomic E-state index is -0.471. The van der Waals surface area contributed by atoms with Gasteiger partial charge in [0.2, 0.25) is 0 Å². The monoisotopic (exact) mass is 249 g/mol. The summed E-state index contributed by atoms with van der Waals surface area (Å²) in [5.74, 6) is 0.526. The zero-order valence-electron chi connectivity index (χ0n) is 8.63. The number of nitrogens with one attached hydrogen (secondary N) is 1. The molecule has 0 unspecified atom stereocenters. The van der Waals surface area contributed by atoms with E-state index in [1.807, 2.05) is 0 Å². The van der Waals surface area contributed by atoms with Gasteiger partial charge in [0, 0.05) is 17.3 Å². The van der Waals surface area contributed by atoms with Gasteiger partial charge in [0.25, 0.3) is 5.69 Å². The van der Waals surface area contributed by atoms with Gasteiger partial charge < -0.3 is 5.32 Å². The van der Waals surface area contributed by atoms with Gasteiger partial charge in [-0.25, -0.2) is 4.98 Å². The van der Waals surface area contributed by atoms with Crippen molar-refractivity contribution in [2.45, 2.75) is 0 Å². The molecular weight excluding hydrogens is 242 g/mol. The van der Waals surface area contributed by atoms with Crippen molar-refractivity contribution in [1.29, 1.82) is 0 Å². The van der Waals surface area contributed by atoms with Crippen LogP contribution in [0.15, 0.2) is 42.6 Å². The maximum atomic E-state index is 10.8. The normalized spacial score (nSPS) is 9.94. The van der Waals surface area contributed by atoms with E-state index < -0.39 is 4.92 Å². The fraction of sp³-hybridized carbons (Fsp3) is 0. The van der Waals surface area contributed by atoms with Gasteiger partial charge in [-0.1, -0.05) is 17.7 Å². The molecule has 0 radical (unpaired) electrons. The summed E-state index contributed by atoms with van der Waals surface area (Å²) in [4.78, 5) is 14.4. The third-order valence-corrected chi connectivity index (χ3v) is 2.32. The maximum absolute atomic E-state index is 10.8. The first kappa shape index (κ1) is 11.3. The van der Waals surface area contributed by atoms with Crippen LogP contribution in [0, 0.1) is 10.1 Å². The number of nitrogens with zero attached hydrogens (tertiary/aromatic N) is 2. The minimum Gasteiger partial charge on any atom is -0.335 e. The van der Waals surface area contributed by atoms with Gasteiger partial charge in [-0.05, 0) is 24.3 Å². The highest BCUT2D eigenvalue weighted by molar-refractivity contribution is 6.31. The molecule has 1 aromatic carbocycles. The van der Waals surface area contributed by atoms with E-state index in [1.165, 1.54) is 18.2 Å². The number of pyridine rings is 1. The Balaban J connectivity index is 2.37. The predicted octanol–water partition coefficient (Wildman–Crippen LogP) is 3.39. The zero-order chi connectivity index (χ0) is 12.3. The van der Waals surface area contributed by atoms with Crippen LogP contribution in [0.25, 0.3) is 0 Å². The predicted molar refractivity (Wildman–Crippen MR) is 65.6 cm³/mol. The summed E-state index contributed by atoms with van der Waals surface area (Å²) in [6, 6.07) is 9.58. The molecule has 0 saturated carbocycles. The summed E-state index contributed by atoms with van der Waals surface area (Å²) in [7, 11) is 0. The Labute approximate surface area is 102 Å². The van der Waals surface area contributed by atoms with Crippen LogP contribution in [-0.4, -0.2) is 9.91 Å². The fourth-order valence-corrected chi connectivity index (χ4v) is 1.51. The molecule has 0 saturated heterocycles. The molecule has 0 aliphatic heterocycles. The number of anilines is 2. The Morgan fingerprint density at radius 2 is 2.12 bits per heavy atom. The van der Waals surface area contributed by atoms with Crippen molar-refractivity contribution in [3.8, 4) is 0 Å². The Morgan fingerprint density at radius 1 is 1.29 bits per heavy atom. The Hall–Kier alpha value is -2.14. The second-order valence-electron chi connectivity index (χ2n) is 3.26. The number of hydrogen-bond donors (Lipinski definition) is 1. The Kier molecular flexibility index (Phi) is 3.20. The SMILES string of the molecule is O=[N+]([O-])c1ccc(Cl)cc1Nc1ccccn1. The van der Waals surface area contributed by atoms with Crippen molar-refractivity contribution < 1.29 is 4.92 Å². The van der Waals surface area contributed by atoms with Crippen LogP contribution in [0.5, 0.6) is 0 Å². The second kappa shape index (κ2) is 4.80. The standard InChI is InChI=1S/C11H8ClN3O2/c12-8-4-5-10(15(16)17)9(7-8)14-11-3-1-2-6-13-11/h1-7H,(H,13,14). The highest BCUT2D eigenvalue weighted by Gasteiger charge is 2.14. The lowest BCUT2D eigenvalue weighted by molar-refractivity contribution is -0.383. The minimum absolute atomic E-state index is 0.0416. The van der Waals surface area contributed by atoms with E-state index in [0.717, 1.165) is 0 Å². The third-order valence-electron chi connectivity index (χ3n) is 2.08. The molecule has 1 heterocycles. The van der Waals surface area contributed by atoms with Gasteiger partial charge in [0.15, 0.2) is 0 Å². The van der Waals surface area contributed by atoms with Gasteiger partial charge in [-0.15, -0.1) is 0 Å². The first-order chi connectivity index (χ1) is 8.16. The largest absolute Gasteiger partial charge is 0.335 e. The van der Waals surface area contributed by atoms with E-state index in [-0.39, 0.29) is 5.69 Å². The van der Waals surface area contributed by atoms with E-state index >= 15 is 0 Å². The number of rotatable bonds is 3. The van der Waals surface area contributed by atoms with E-state index in [4.69, 9.17) is 11.6 Å². The van der Waals surface area contributed by atoms with Gasteiger partial charge in [-0.2, -0.15) is 0 Å². The van der Waals surface area contributed by atoms with Crippen LogP contribution in [-0.2, 0) is 0 Å². The van der Waals surface area contributed by atoms with E-state index in [0.29, 0.717) is 16.5 Å². The lowest BCUT2D eigenvalue weighted by Crippen LogP contribution is -1.98. The van der Waals surface area contributed by atoms with Crippen molar-refractivity contribution in [3.05, 3.63) is 57.7 Å². The van der Waals surface area contributed by atoms with E-state index in [2.05, 4.69) is 10.3 Å². The van der Waals surface area contributed by atoms with E-state index in [9.17, 15) is 10.1 Å². The number of halogens is 1. The van der Waals surface area contributed by atoms with Crippen molar-refractivity contribution in [3.63, 3.8) is 0 Å². The molecule has 1 aromatic heterocycles. The van der Waals surface area contributed by atoms with Crippen molar-refractivity contribution in [2.24, 2.45) is 0 Å². The quantitative estimate of drug-likeness (QED) is 0.669. The summed E-state index contributed by atoms with van der Waals surface area (Å²) in [6.45, 7) is 0. The van der Waals surface area contributed by atoms with E-state index in [1.54, 1.807) is 24.4 Å². The first-order valence-electron chi connectivity index (χ1n) is 4.79. The van der Waals surface area contributed by atoms with Gasteiger partial charge in [-0.3, -0.25) is 10.1 Å². The molecule has 1 N–H and O–H groups in total. The van der Waals surface area contributed by atoms with Gasteiger partial charge in [0.1, 0.15) is 11.5 Å². The number of hydrogen-bond acceptors (Lipinski definition) is 4. The summed E-state index contributed by atoms with van der Waals surface area (Å²) < 4.78 is 0. The third kappa shape index (κ3) is 2.70. The lowest BCUT2D eigenvalue weighted by atomic mass is 10.2. The first-order valence-corrected chi connectivity index (χ1v) is 5.16.